The van der Waals surface area contributed by atoms with Crippen LogP contribution in [0.2, 0.25) is 0 Å². The number of allylic oxidation sites excluding steroid dienone is 1. The molecule has 1 rings (SSSR count). The van der Waals surface area contributed by atoms with Crippen LogP contribution in [0.5, 0.6) is 0 Å². The predicted octanol–water partition coefficient (Wildman–Crippen LogP) is 4.75. The van der Waals surface area contributed by atoms with Crippen molar-refractivity contribution in [1.82, 2.24) is 0 Å². The summed E-state index contributed by atoms with van der Waals surface area (Å²) >= 11 is 0. The minimum atomic E-state index is -0.923. The molecule has 0 bridgehead atoms. The molecule has 1 fully saturated rings. The first-order chi connectivity index (χ1) is 11.9. The monoisotopic (exact) mass is 352 g/mol. The Balaban J connectivity index is 2.87. The number of carbonyl (C=O) groups is 2. The van der Waals surface area contributed by atoms with E-state index in [0.717, 1.165) is 25.7 Å². The van der Waals surface area contributed by atoms with Crippen molar-refractivity contribution in [1.29, 1.82) is 0 Å². The van der Waals surface area contributed by atoms with E-state index >= 15 is 0 Å². The van der Waals surface area contributed by atoms with Crippen molar-refractivity contribution in [3.8, 4) is 0 Å². The van der Waals surface area contributed by atoms with Crippen molar-refractivity contribution < 1.29 is 19.8 Å². The topological polar surface area (TPSA) is 74.6 Å². The minimum absolute atomic E-state index is 0.0473. The second-order valence-electron chi connectivity index (χ2n) is 7.57. The van der Waals surface area contributed by atoms with Crippen molar-refractivity contribution in [2.45, 2.75) is 90.6 Å². The summed E-state index contributed by atoms with van der Waals surface area (Å²) in [7, 11) is 0. The molecule has 2 unspecified atom stereocenters. The van der Waals surface area contributed by atoms with Crippen LogP contribution in [-0.4, -0.2) is 27.6 Å². The smallest absolute Gasteiger partial charge is 0.304 e. The summed E-state index contributed by atoms with van der Waals surface area (Å²) in [6, 6.07) is 0. The van der Waals surface area contributed by atoms with Crippen LogP contribution >= 0.6 is 0 Å². The summed E-state index contributed by atoms with van der Waals surface area (Å²) in [4.78, 5) is 23.0. The van der Waals surface area contributed by atoms with Gasteiger partial charge in [-0.1, -0.05) is 65.0 Å². The van der Waals surface area contributed by atoms with Gasteiger partial charge in [0.1, 0.15) is 5.78 Å². The second-order valence-corrected chi connectivity index (χ2v) is 7.57. The lowest BCUT2D eigenvalue weighted by atomic mass is 9.77. The Morgan fingerprint density at radius 2 is 2.00 bits per heavy atom. The Hall–Kier alpha value is -1.16. The van der Waals surface area contributed by atoms with Gasteiger partial charge in [-0.05, 0) is 31.1 Å². The summed E-state index contributed by atoms with van der Waals surface area (Å²) in [6.45, 7) is 6.38. The van der Waals surface area contributed by atoms with Gasteiger partial charge in [-0.2, -0.15) is 0 Å². The molecule has 0 radical (unpaired) electrons. The van der Waals surface area contributed by atoms with E-state index in [1.54, 1.807) is 0 Å². The molecule has 0 spiro atoms. The zero-order valence-corrected chi connectivity index (χ0v) is 16.2. The molecule has 1 saturated carbocycles. The van der Waals surface area contributed by atoms with Gasteiger partial charge in [0.25, 0.3) is 0 Å². The van der Waals surface area contributed by atoms with Gasteiger partial charge < -0.3 is 10.2 Å². The zero-order chi connectivity index (χ0) is 18.9. The molecule has 0 aromatic carbocycles. The molecule has 1 aliphatic rings. The van der Waals surface area contributed by atoms with Gasteiger partial charge in [-0.3, -0.25) is 9.59 Å². The van der Waals surface area contributed by atoms with E-state index in [-0.39, 0.29) is 24.0 Å². The highest BCUT2D eigenvalue weighted by Crippen LogP contribution is 2.36. The lowest BCUT2D eigenvalue weighted by Gasteiger charge is -2.34. The number of unbranched alkanes of at least 4 members (excludes halogenated alkanes) is 2. The first-order valence-electron chi connectivity index (χ1n) is 10.0. The number of hydrogen-bond donors (Lipinski definition) is 2. The summed E-state index contributed by atoms with van der Waals surface area (Å²) in [6.07, 6.45) is 11.9. The molecule has 25 heavy (non-hydrogen) atoms. The van der Waals surface area contributed by atoms with Crippen molar-refractivity contribution in [3.63, 3.8) is 0 Å². The van der Waals surface area contributed by atoms with Crippen LogP contribution in [-0.2, 0) is 9.59 Å². The van der Waals surface area contributed by atoms with Crippen molar-refractivity contribution >= 4 is 11.8 Å². The number of carbonyl (C=O) groups excluding carboxylic acids is 1. The SMILES string of the molecule is CCCCCC(CC)C(O)(C=C[C@@H]1CCC(=O)[C@H]1CC(=O)O)CCC. The normalized spacial score (nSPS) is 24.6. The third kappa shape index (κ3) is 6.58. The van der Waals surface area contributed by atoms with Gasteiger partial charge in [-0.15, -0.1) is 0 Å². The van der Waals surface area contributed by atoms with Crippen LogP contribution in [0.4, 0.5) is 0 Å². The fourth-order valence-corrected chi connectivity index (χ4v) is 4.18. The molecule has 1 aliphatic carbocycles. The fraction of sp³-hybridized carbons (Fsp3) is 0.810. The predicted molar refractivity (Wildman–Crippen MR) is 100 cm³/mol. The molecule has 4 atom stereocenters. The van der Waals surface area contributed by atoms with Crippen LogP contribution in [0, 0.1) is 17.8 Å². The summed E-state index contributed by atoms with van der Waals surface area (Å²) in [5, 5.41) is 20.3. The van der Waals surface area contributed by atoms with E-state index in [1.165, 1.54) is 12.8 Å². The molecule has 0 aromatic rings. The summed E-state index contributed by atoms with van der Waals surface area (Å²) in [5.74, 6) is -1.15. The van der Waals surface area contributed by atoms with Gasteiger partial charge in [0.05, 0.1) is 12.0 Å². The lowest BCUT2D eigenvalue weighted by Crippen LogP contribution is -2.36. The number of carboxylic acid groups (broad SMARTS) is 1. The maximum atomic E-state index is 12.0. The standard InChI is InChI=1S/C21H36O4/c1-4-7-8-9-17(6-3)21(25,13-5-2)14-12-16-10-11-19(22)18(16)15-20(23)24/h12,14,16-18,25H,4-11,13,15H2,1-3H3,(H,23,24)/t16-,17?,18-,21?/m0/s1. The largest absolute Gasteiger partial charge is 0.481 e. The third-order valence-electron chi connectivity index (χ3n) is 5.69. The zero-order valence-electron chi connectivity index (χ0n) is 16.2. The second kappa shape index (κ2) is 10.7. The van der Waals surface area contributed by atoms with E-state index in [1.807, 2.05) is 12.2 Å². The molecule has 4 heteroatoms. The van der Waals surface area contributed by atoms with E-state index in [4.69, 9.17) is 5.11 Å². The highest BCUT2D eigenvalue weighted by molar-refractivity contribution is 5.87. The highest BCUT2D eigenvalue weighted by atomic mass is 16.4. The number of carboxylic acids is 1. The Morgan fingerprint density at radius 3 is 2.56 bits per heavy atom. The van der Waals surface area contributed by atoms with Crippen LogP contribution < -0.4 is 0 Å². The molecule has 0 aliphatic heterocycles. The molecule has 0 heterocycles. The van der Waals surface area contributed by atoms with Crippen molar-refractivity contribution in [3.05, 3.63) is 12.2 Å². The van der Waals surface area contributed by atoms with Crippen LogP contribution in [0.3, 0.4) is 0 Å². The Bertz CT molecular complexity index is 457. The van der Waals surface area contributed by atoms with E-state index in [0.29, 0.717) is 19.3 Å². The van der Waals surface area contributed by atoms with Crippen LogP contribution in [0.25, 0.3) is 0 Å². The van der Waals surface area contributed by atoms with Crippen molar-refractivity contribution in [2.24, 2.45) is 17.8 Å². The third-order valence-corrected chi connectivity index (χ3v) is 5.69. The fourth-order valence-electron chi connectivity index (χ4n) is 4.18. The van der Waals surface area contributed by atoms with Gasteiger partial charge >= 0.3 is 5.97 Å². The van der Waals surface area contributed by atoms with Gasteiger partial charge in [0.15, 0.2) is 0 Å². The number of ketones is 1. The maximum absolute atomic E-state index is 12.0. The Morgan fingerprint density at radius 1 is 1.28 bits per heavy atom. The van der Waals surface area contributed by atoms with E-state index in [2.05, 4.69) is 20.8 Å². The highest BCUT2D eigenvalue weighted by Gasteiger charge is 2.36. The molecule has 4 nitrogen and oxygen atoms in total. The van der Waals surface area contributed by atoms with Crippen molar-refractivity contribution in [2.75, 3.05) is 0 Å². The molecule has 0 saturated heterocycles. The molecule has 144 valence electrons. The molecular formula is C21H36O4. The average Bonchev–Trinajstić information content (AvgIpc) is 2.90. The van der Waals surface area contributed by atoms with E-state index < -0.39 is 17.5 Å². The first-order valence-corrected chi connectivity index (χ1v) is 10.0. The van der Waals surface area contributed by atoms with Gasteiger partial charge in [-0.25, -0.2) is 0 Å². The average molecular weight is 353 g/mol. The quantitative estimate of drug-likeness (QED) is 0.392. The maximum Gasteiger partial charge on any atom is 0.304 e. The Kier molecular flexibility index (Phi) is 9.41. The van der Waals surface area contributed by atoms with Crippen LogP contribution in [0.1, 0.15) is 85.0 Å². The number of aliphatic hydroxyl groups is 1. The molecular weight excluding hydrogens is 316 g/mol. The summed E-state index contributed by atoms with van der Waals surface area (Å²) < 4.78 is 0. The summed E-state index contributed by atoms with van der Waals surface area (Å²) in [5.41, 5.74) is -0.851. The molecule has 0 aromatic heterocycles. The molecule has 2 N–H and O–H groups in total. The van der Waals surface area contributed by atoms with Crippen LogP contribution in [0.15, 0.2) is 12.2 Å². The number of aliphatic carboxylic acids is 1. The Labute approximate surface area is 152 Å². The number of hydrogen-bond acceptors (Lipinski definition) is 3. The lowest BCUT2D eigenvalue weighted by molar-refractivity contribution is -0.140. The van der Waals surface area contributed by atoms with E-state index in [9.17, 15) is 14.7 Å². The number of Topliss-reactive ketones (excluding diaryl/α,β-unsaturated/α-hetero) is 1. The molecule has 0 amide bonds. The first kappa shape index (κ1) is 21.9. The van der Waals surface area contributed by atoms with Gasteiger partial charge in [0, 0.05) is 12.3 Å². The minimum Gasteiger partial charge on any atom is -0.481 e. The number of rotatable bonds is 12. The van der Waals surface area contributed by atoms with Gasteiger partial charge in [0.2, 0.25) is 0 Å².